The number of aliphatic carboxylic acids is 2. The number of amides is 14. The minimum atomic E-state index is -1.79. The lowest BCUT2D eigenvalue weighted by atomic mass is 9.90. The number of carboxylic acids is 2. The highest BCUT2D eigenvalue weighted by atomic mass is 16.4. The van der Waals surface area contributed by atoms with E-state index in [1.807, 2.05) is 46.8 Å². The zero-order valence-electron chi connectivity index (χ0n) is 75.4. The molecule has 0 spiro atoms. The summed E-state index contributed by atoms with van der Waals surface area (Å²) in [5.41, 5.74) is 21.8. The first-order valence-electron chi connectivity index (χ1n) is 45.4. The third-order valence-electron chi connectivity index (χ3n) is 24.8. The molecule has 14 atom stereocenters. The second-order valence-electron chi connectivity index (χ2n) is 35.1. The number of likely N-dealkylation sites (N-methyl/N-ethyl adjacent to an activating group) is 2. The number of piperidine rings is 1. The van der Waals surface area contributed by atoms with E-state index in [0.717, 1.165) is 15.4 Å². The summed E-state index contributed by atoms with van der Waals surface area (Å²) in [6.07, 6.45) is 1.47. The number of unbranched alkanes of at least 4 members (excludes halogenated alkanes) is 2. The Morgan fingerprint density at radius 2 is 1.12 bits per heavy atom. The summed E-state index contributed by atoms with van der Waals surface area (Å²) < 4.78 is 1.46. The van der Waals surface area contributed by atoms with Crippen LogP contribution in [0.25, 0.3) is 21.8 Å². The number of aromatic amines is 1. The summed E-state index contributed by atoms with van der Waals surface area (Å²) in [7, 11) is 2.82. The lowest BCUT2D eigenvalue weighted by Crippen LogP contribution is -2.62. The SMILES string of the molecule is CCCC[C@H]1C(=O)N(C)[C@@H](CCCC)C(=O)N[C@@H](CC(C)C)C(=O)NCCCCC(=O)N[C@@H](Cc2ccc(C)cc2)C(=O)N2CCCC[C@H]2C(=O)N[C@@H](CC(N)=O)C(=O)N2CCC[C@H]2C(=O)N[C@@H](CN)C(=O)N[C@@H](CCC(=O)O)C(=O)N2C[C@H](O)C[C@H]2C(=O)C[C@@H](Cc2c[nH]c3ccccc23)C(=O)N[C@@H](CCN)C(=O)N[C@@H](Cc2cn(CC(=O)O)c3ccccc23)C(=O)N1C. The Hall–Kier alpha value is -12.2. The molecule has 38 nitrogen and oxygen atoms in total. The van der Waals surface area contributed by atoms with Crippen molar-refractivity contribution in [1.29, 1.82) is 0 Å². The van der Waals surface area contributed by atoms with Crippen LogP contribution < -0.4 is 59.7 Å². The maximum absolute atomic E-state index is 15.9. The van der Waals surface area contributed by atoms with Crippen LogP contribution in [0.5, 0.6) is 0 Å². The molecule has 0 bridgehead atoms. The number of H-pyrrole nitrogens is 1. The van der Waals surface area contributed by atoms with Gasteiger partial charge < -0.3 is 109 Å². The molecule has 38 heteroatoms. The van der Waals surface area contributed by atoms with E-state index in [2.05, 4.69) is 47.5 Å². The Labute approximate surface area is 755 Å². The van der Waals surface area contributed by atoms with E-state index in [1.165, 1.54) is 39.6 Å². The molecule has 5 aromatic rings. The average molecular weight is 1810 g/mol. The van der Waals surface area contributed by atoms with Gasteiger partial charge in [-0.25, -0.2) is 0 Å². The van der Waals surface area contributed by atoms with Crippen LogP contribution in [0.15, 0.2) is 85.2 Å². The molecule has 0 radical (unpaired) electrons. The monoisotopic (exact) mass is 1810 g/mol. The van der Waals surface area contributed by atoms with E-state index < -0.39 is 237 Å². The van der Waals surface area contributed by atoms with Gasteiger partial charge in [-0.05, 0) is 132 Å². The number of aromatic nitrogens is 2. The minimum absolute atomic E-state index is 0.0125. The first kappa shape index (κ1) is 102. The van der Waals surface area contributed by atoms with Crippen LogP contribution >= 0.6 is 0 Å². The molecule has 2 aromatic heterocycles. The fraction of sp³-hybridized carbons (Fsp3) is 0.576. The van der Waals surface area contributed by atoms with Gasteiger partial charge in [-0.2, -0.15) is 0 Å². The second-order valence-corrected chi connectivity index (χ2v) is 35.1. The van der Waals surface area contributed by atoms with Gasteiger partial charge in [0.25, 0.3) is 0 Å². The van der Waals surface area contributed by atoms with Gasteiger partial charge in [-0.15, -0.1) is 0 Å². The highest BCUT2D eigenvalue weighted by Crippen LogP contribution is 2.31. The molecule has 708 valence electrons. The summed E-state index contributed by atoms with van der Waals surface area (Å²) in [4.78, 5) is 257. The number of aliphatic hydroxyl groups excluding tert-OH is 1. The van der Waals surface area contributed by atoms with Crippen molar-refractivity contribution >= 4 is 122 Å². The fourth-order valence-corrected chi connectivity index (χ4v) is 17.8. The standard InChI is InChI=1S/C92H130N18O20/c1-8-10-24-71-85(123)101-65(41-53(3)4)82(120)96-38-18-16-29-78(114)98-66(42-55-32-30-54(5)31-33-55)90(128)108-39-19-17-27-72(108)86(124)103-68(47-77(95)113)91(129)109-40-20-28-73(109)87(125)104-69(48-94)84(122)100-64(34-35-79(115)116)89(127)110-51-59(111)46-75(110)76(112)45-56(43-57-49-97-62-23-14-12-21-60(57)62)81(119)99-63(36-37-93)83(121)102-67(88(126)106(7)74(25-11-9-2)92(130)105(71)6)44-58-50-107(52-80(117)118)70-26-15-13-22-61(58)70/h12-15,21-23,26,30-33,49-50,53,56,59,63-69,71-75,97,111H,8-11,16-20,24-25,27-29,34-48,51-52,93-94H2,1-7H3,(H2,95,113)(H,96,120)(H,98,114)(H,99,119)(H,100,122)(H,101,123)(H,102,121)(H,103,124)(H,104,125)(H,115,116)(H,117,118)/t56-,59-,63+,64+,65+,66+,67+,68+,69+,71+,72+,73+,74+,75+/m1/s1. The third kappa shape index (κ3) is 27.5. The van der Waals surface area contributed by atoms with Gasteiger partial charge in [0.15, 0.2) is 5.78 Å². The number of benzene rings is 3. The van der Waals surface area contributed by atoms with Crippen molar-refractivity contribution in [2.24, 2.45) is 29.0 Å². The second kappa shape index (κ2) is 48.5. The highest BCUT2D eigenvalue weighted by Gasteiger charge is 2.47. The molecule has 3 aromatic carbocycles. The normalized spacial score (nSPS) is 25.4. The Balaban J connectivity index is 1.08. The molecule has 4 fully saturated rings. The van der Waals surface area contributed by atoms with Crippen LogP contribution in [0.3, 0.4) is 0 Å². The fourth-order valence-electron chi connectivity index (χ4n) is 17.8. The molecule has 0 saturated carbocycles. The van der Waals surface area contributed by atoms with E-state index in [1.54, 1.807) is 66.9 Å². The van der Waals surface area contributed by atoms with Crippen molar-refractivity contribution in [2.45, 2.75) is 274 Å². The molecule has 14 amide bonds. The lowest BCUT2D eigenvalue weighted by Gasteiger charge is -2.38. The van der Waals surface area contributed by atoms with E-state index >= 15 is 38.4 Å². The molecule has 130 heavy (non-hydrogen) atoms. The largest absolute Gasteiger partial charge is 0.481 e. The van der Waals surface area contributed by atoms with Gasteiger partial charge in [0.1, 0.15) is 73.0 Å². The van der Waals surface area contributed by atoms with Crippen molar-refractivity contribution in [2.75, 3.05) is 53.4 Å². The molecule has 18 N–H and O–H groups in total. The Bertz CT molecular complexity index is 4880. The van der Waals surface area contributed by atoms with Crippen LogP contribution in [0.2, 0.25) is 0 Å². The van der Waals surface area contributed by atoms with Gasteiger partial charge in [0.2, 0.25) is 82.7 Å². The Kier molecular flexibility index (Phi) is 37.9. The zero-order valence-corrected chi connectivity index (χ0v) is 75.4. The van der Waals surface area contributed by atoms with Crippen LogP contribution in [-0.2, 0) is 107 Å². The molecule has 4 saturated heterocycles. The maximum atomic E-state index is 15.9. The molecular formula is C92H130N18O20. The summed E-state index contributed by atoms with van der Waals surface area (Å²) in [6.45, 7) is 7.44. The maximum Gasteiger partial charge on any atom is 0.323 e. The quantitative estimate of drug-likeness (QED) is 0.0414. The predicted molar refractivity (Wildman–Crippen MR) is 479 cm³/mol. The number of nitrogens with zero attached hydrogens (tertiary/aromatic N) is 6. The van der Waals surface area contributed by atoms with Crippen LogP contribution in [-0.4, -0.2) is 282 Å². The number of fused-ring (bicyclic) bond motifs is 5. The number of aryl methyl sites for hydroxylation is 1. The summed E-state index contributed by atoms with van der Waals surface area (Å²) in [6, 6.07) is 3.70. The number of nitrogens with two attached hydrogens (primary N) is 3. The van der Waals surface area contributed by atoms with E-state index in [4.69, 9.17) is 17.2 Å². The number of hydrogen-bond acceptors (Lipinski definition) is 20. The number of primary amides is 1. The average Bonchev–Trinajstić information content (AvgIpc) is 1.56. The Morgan fingerprint density at radius 1 is 0.531 bits per heavy atom. The minimum Gasteiger partial charge on any atom is -0.481 e. The first-order valence-corrected chi connectivity index (χ1v) is 45.4. The van der Waals surface area contributed by atoms with Crippen molar-refractivity contribution in [3.63, 3.8) is 0 Å². The van der Waals surface area contributed by atoms with Gasteiger partial charge in [-0.1, -0.05) is 120 Å². The van der Waals surface area contributed by atoms with Gasteiger partial charge in [0, 0.05) is 125 Å². The predicted octanol–water partition coefficient (Wildman–Crippen LogP) is 1.27. The molecule has 4 aliphatic heterocycles. The number of para-hydroxylation sites is 2. The number of ketones is 1. The first-order chi connectivity index (χ1) is 62.0. The van der Waals surface area contributed by atoms with Crippen molar-refractivity contribution < 1.29 is 96.8 Å². The molecule has 4 aliphatic rings. The molecule has 0 unspecified atom stereocenters. The smallest absolute Gasteiger partial charge is 0.323 e. The summed E-state index contributed by atoms with van der Waals surface area (Å²) in [5, 5.41) is 54.7. The number of aliphatic hydroxyl groups is 1. The molecule has 9 rings (SSSR count). The Morgan fingerprint density at radius 3 is 1.77 bits per heavy atom. The van der Waals surface area contributed by atoms with E-state index in [9.17, 15) is 58.5 Å². The number of hydrogen-bond donors (Lipinski definition) is 15. The highest BCUT2D eigenvalue weighted by molar-refractivity contribution is 6.02. The van der Waals surface area contributed by atoms with Gasteiger partial charge in [-0.3, -0.25) is 81.5 Å². The molecular weight excluding hydrogens is 1680 g/mol. The van der Waals surface area contributed by atoms with Crippen LogP contribution in [0, 0.1) is 18.8 Å². The van der Waals surface area contributed by atoms with E-state index in [0.29, 0.717) is 77.0 Å². The lowest BCUT2D eigenvalue weighted by molar-refractivity contribution is -0.149. The van der Waals surface area contributed by atoms with Crippen LogP contribution in [0.1, 0.15) is 185 Å². The topological polar surface area (TPSA) is 562 Å². The van der Waals surface area contributed by atoms with Crippen LogP contribution in [0.4, 0.5) is 0 Å². The number of carbonyl (C=O) groups excluding carboxylic acids is 15. The number of carbonyl (C=O) groups is 17. The van der Waals surface area contributed by atoms with Gasteiger partial charge >= 0.3 is 11.9 Å². The number of carboxylic acid groups (broad SMARTS) is 2. The third-order valence-corrected chi connectivity index (χ3v) is 24.8. The summed E-state index contributed by atoms with van der Waals surface area (Å²) >= 11 is 0. The summed E-state index contributed by atoms with van der Waals surface area (Å²) in [5.74, 6) is -16.6. The molecule has 0 aliphatic carbocycles. The van der Waals surface area contributed by atoms with Crippen molar-refractivity contribution in [3.05, 3.63) is 107 Å². The number of Topliss-reactive ketones (excluding diaryl/α,β-unsaturated/α-hetero) is 1. The molecule has 6 heterocycles. The number of nitrogens with one attached hydrogen (secondary N) is 9. The number of rotatable bonds is 24. The zero-order chi connectivity index (χ0) is 94.7. The van der Waals surface area contributed by atoms with Crippen molar-refractivity contribution in [3.8, 4) is 0 Å². The van der Waals surface area contributed by atoms with E-state index in [-0.39, 0.29) is 116 Å². The van der Waals surface area contributed by atoms with Gasteiger partial charge in [0.05, 0.1) is 18.6 Å². The van der Waals surface area contributed by atoms with Crippen molar-refractivity contribution in [1.82, 2.24) is 76.6 Å².